The van der Waals surface area contributed by atoms with Crippen LogP contribution in [0.25, 0.3) is 10.7 Å². The number of hydrogen-bond acceptors (Lipinski definition) is 6. The van der Waals surface area contributed by atoms with Gasteiger partial charge in [-0.1, -0.05) is 24.1 Å². The van der Waals surface area contributed by atoms with Gasteiger partial charge in [0.05, 0.1) is 10.9 Å². The molecule has 1 unspecified atom stereocenters. The standard InChI is InChI=1S/C18H26N4OS/c1-13(18-20-17(21-23-18)16-7-4-12-24-16)22-10-8-15(9-11-22)19-14-5-2-3-6-14/h4,7,12-15,19H,2-3,5-6,8-11H2,1H3. The van der Waals surface area contributed by atoms with Gasteiger partial charge in [0.2, 0.25) is 11.7 Å². The summed E-state index contributed by atoms with van der Waals surface area (Å²) in [6, 6.07) is 5.69. The molecule has 1 atom stereocenters. The van der Waals surface area contributed by atoms with Crippen molar-refractivity contribution in [2.45, 2.75) is 63.6 Å². The van der Waals surface area contributed by atoms with E-state index in [-0.39, 0.29) is 6.04 Å². The highest BCUT2D eigenvalue weighted by molar-refractivity contribution is 7.13. The highest BCUT2D eigenvalue weighted by Crippen LogP contribution is 2.27. The summed E-state index contributed by atoms with van der Waals surface area (Å²) < 4.78 is 5.53. The van der Waals surface area contributed by atoms with Gasteiger partial charge in [0.1, 0.15) is 0 Å². The molecule has 2 aromatic rings. The predicted molar refractivity (Wildman–Crippen MR) is 96.0 cm³/mol. The molecular formula is C18H26N4OS. The fourth-order valence-electron chi connectivity index (χ4n) is 3.95. The van der Waals surface area contributed by atoms with Crippen LogP contribution in [0.15, 0.2) is 22.0 Å². The van der Waals surface area contributed by atoms with Gasteiger partial charge in [0.15, 0.2) is 0 Å². The van der Waals surface area contributed by atoms with E-state index < -0.39 is 0 Å². The molecule has 1 aliphatic heterocycles. The molecule has 130 valence electrons. The third-order valence-electron chi connectivity index (χ3n) is 5.44. The van der Waals surface area contributed by atoms with Gasteiger partial charge in [-0.15, -0.1) is 11.3 Å². The predicted octanol–water partition coefficient (Wildman–Crippen LogP) is 3.86. The van der Waals surface area contributed by atoms with E-state index in [1.165, 1.54) is 38.5 Å². The van der Waals surface area contributed by atoms with Gasteiger partial charge >= 0.3 is 0 Å². The SMILES string of the molecule is CC(c1nc(-c2cccs2)no1)N1CCC(NC2CCCC2)CC1. The quantitative estimate of drug-likeness (QED) is 0.891. The van der Waals surface area contributed by atoms with Crippen molar-refractivity contribution in [3.63, 3.8) is 0 Å². The maximum atomic E-state index is 5.53. The van der Waals surface area contributed by atoms with E-state index in [0.717, 1.165) is 29.9 Å². The van der Waals surface area contributed by atoms with Crippen molar-refractivity contribution in [3.05, 3.63) is 23.4 Å². The number of nitrogens with one attached hydrogen (secondary N) is 1. The Morgan fingerprint density at radius 1 is 1.21 bits per heavy atom. The average Bonchev–Trinajstić information content (AvgIpc) is 3.36. The molecule has 1 saturated carbocycles. The second-order valence-electron chi connectivity index (χ2n) is 7.07. The second-order valence-corrected chi connectivity index (χ2v) is 8.02. The Hall–Kier alpha value is -1.24. The number of hydrogen-bond donors (Lipinski definition) is 1. The Morgan fingerprint density at radius 3 is 2.67 bits per heavy atom. The minimum absolute atomic E-state index is 0.193. The van der Waals surface area contributed by atoms with Crippen LogP contribution < -0.4 is 5.32 Å². The first kappa shape index (κ1) is 16.2. The molecule has 0 spiro atoms. The zero-order chi connectivity index (χ0) is 16.4. The fourth-order valence-corrected chi connectivity index (χ4v) is 4.60. The first-order chi connectivity index (χ1) is 11.8. The number of piperidine rings is 1. The van der Waals surface area contributed by atoms with Gasteiger partial charge < -0.3 is 9.84 Å². The van der Waals surface area contributed by atoms with E-state index in [4.69, 9.17) is 4.52 Å². The Kier molecular flexibility index (Phi) is 4.96. The summed E-state index contributed by atoms with van der Waals surface area (Å²) in [5.74, 6) is 1.45. The summed E-state index contributed by atoms with van der Waals surface area (Å²) in [4.78, 5) is 8.14. The van der Waals surface area contributed by atoms with E-state index in [1.54, 1.807) is 11.3 Å². The van der Waals surface area contributed by atoms with E-state index >= 15 is 0 Å². The normalized spacial score (nSPS) is 22.2. The minimum atomic E-state index is 0.193. The van der Waals surface area contributed by atoms with Crippen LogP contribution in [0.1, 0.15) is 57.4 Å². The first-order valence-corrected chi connectivity index (χ1v) is 10.0. The van der Waals surface area contributed by atoms with Gasteiger partial charge in [0.25, 0.3) is 0 Å². The summed E-state index contributed by atoms with van der Waals surface area (Å²) in [6.45, 7) is 4.38. The number of nitrogens with zero attached hydrogens (tertiary/aromatic N) is 3. The number of likely N-dealkylation sites (tertiary alicyclic amines) is 1. The Bertz CT molecular complexity index is 627. The van der Waals surface area contributed by atoms with Crippen molar-refractivity contribution in [1.29, 1.82) is 0 Å². The Balaban J connectivity index is 1.32. The van der Waals surface area contributed by atoms with Crippen LogP contribution in [0, 0.1) is 0 Å². The molecule has 2 aromatic heterocycles. The average molecular weight is 347 g/mol. The second kappa shape index (κ2) is 7.33. The summed E-state index contributed by atoms with van der Waals surface area (Å²) in [7, 11) is 0. The van der Waals surface area contributed by atoms with Crippen molar-refractivity contribution in [2.75, 3.05) is 13.1 Å². The topological polar surface area (TPSA) is 54.2 Å². The van der Waals surface area contributed by atoms with Gasteiger partial charge in [0, 0.05) is 25.2 Å². The summed E-state index contributed by atoms with van der Waals surface area (Å²) in [5, 5.41) is 10.0. The van der Waals surface area contributed by atoms with Crippen molar-refractivity contribution in [1.82, 2.24) is 20.4 Å². The lowest BCUT2D eigenvalue weighted by atomic mass is 10.0. The van der Waals surface area contributed by atoms with Crippen LogP contribution in [-0.4, -0.2) is 40.2 Å². The van der Waals surface area contributed by atoms with E-state index in [9.17, 15) is 0 Å². The number of aromatic nitrogens is 2. The van der Waals surface area contributed by atoms with E-state index in [2.05, 4.69) is 27.3 Å². The fraction of sp³-hybridized carbons (Fsp3) is 0.667. The van der Waals surface area contributed by atoms with Gasteiger partial charge in [-0.2, -0.15) is 4.98 Å². The van der Waals surface area contributed by atoms with E-state index in [1.807, 2.05) is 17.5 Å². The lowest BCUT2D eigenvalue weighted by Gasteiger charge is -2.36. The van der Waals surface area contributed by atoms with Gasteiger partial charge in [-0.05, 0) is 44.1 Å². The van der Waals surface area contributed by atoms with Gasteiger partial charge in [-0.3, -0.25) is 4.90 Å². The molecule has 1 aliphatic carbocycles. The van der Waals surface area contributed by atoms with Crippen LogP contribution in [-0.2, 0) is 0 Å². The maximum Gasteiger partial charge on any atom is 0.244 e. The lowest BCUT2D eigenvalue weighted by molar-refractivity contribution is 0.126. The molecule has 4 rings (SSSR count). The monoisotopic (exact) mass is 346 g/mol. The molecule has 5 nitrogen and oxygen atoms in total. The highest BCUT2D eigenvalue weighted by Gasteiger charge is 2.28. The molecule has 2 fully saturated rings. The molecule has 24 heavy (non-hydrogen) atoms. The molecular weight excluding hydrogens is 320 g/mol. The molecule has 2 aliphatic rings. The largest absolute Gasteiger partial charge is 0.337 e. The first-order valence-electron chi connectivity index (χ1n) is 9.17. The third-order valence-corrected chi connectivity index (χ3v) is 6.31. The number of thiophene rings is 1. The van der Waals surface area contributed by atoms with Crippen LogP contribution in [0.2, 0.25) is 0 Å². The smallest absolute Gasteiger partial charge is 0.244 e. The van der Waals surface area contributed by atoms with Crippen molar-refractivity contribution in [2.24, 2.45) is 0 Å². The zero-order valence-electron chi connectivity index (χ0n) is 14.3. The van der Waals surface area contributed by atoms with E-state index in [0.29, 0.717) is 11.9 Å². The lowest BCUT2D eigenvalue weighted by Crippen LogP contribution is -2.46. The molecule has 1 saturated heterocycles. The molecule has 0 radical (unpaired) electrons. The molecule has 0 bridgehead atoms. The number of rotatable bonds is 5. The molecule has 3 heterocycles. The van der Waals surface area contributed by atoms with Crippen LogP contribution >= 0.6 is 11.3 Å². The van der Waals surface area contributed by atoms with Crippen LogP contribution in [0.4, 0.5) is 0 Å². The molecule has 0 aromatic carbocycles. The maximum absolute atomic E-state index is 5.53. The summed E-state index contributed by atoms with van der Waals surface area (Å²) >= 11 is 1.65. The zero-order valence-corrected chi connectivity index (χ0v) is 15.1. The third kappa shape index (κ3) is 3.55. The van der Waals surface area contributed by atoms with Gasteiger partial charge in [-0.25, -0.2) is 0 Å². The molecule has 1 N–H and O–H groups in total. The summed E-state index contributed by atoms with van der Waals surface area (Å²) in [6.07, 6.45) is 7.96. The highest BCUT2D eigenvalue weighted by atomic mass is 32.1. The molecule has 6 heteroatoms. The van der Waals surface area contributed by atoms with Crippen molar-refractivity contribution >= 4 is 11.3 Å². The molecule has 0 amide bonds. The van der Waals surface area contributed by atoms with Crippen molar-refractivity contribution < 1.29 is 4.52 Å². The van der Waals surface area contributed by atoms with Crippen LogP contribution in [0.5, 0.6) is 0 Å². The van der Waals surface area contributed by atoms with Crippen molar-refractivity contribution in [3.8, 4) is 10.7 Å². The summed E-state index contributed by atoms with van der Waals surface area (Å²) in [5.41, 5.74) is 0. The Labute approximate surface area is 147 Å². The Morgan fingerprint density at radius 2 is 1.96 bits per heavy atom. The van der Waals surface area contributed by atoms with Crippen LogP contribution in [0.3, 0.4) is 0 Å². The minimum Gasteiger partial charge on any atom is -0.337 e.